The fourth-order valence-electron chi connectivity index (χ4n) is 2.99. The summed E-state index contributed by atoms with van der Waals surface area (Å²) in [6, 6.07) is 7.40. The van der Waals surface area contributed by atoms with E-state index in [-0.39, 0.29) is 17.2 Å². The van der Waals surface area contributed by atoms with Gasteiger partial charge in [-0.15, -0.1) is 0 Å². The number of thiazole rings is 1. The van der Waals surface area contributed by atoms with E-state index in [2.05, 4.69) is 36.1 Å². The highest BCUT2D eigenvalue weighted by Gasteiger charge is 2.20. The lowest BCUT2D eigenvalue weighted by Gasteiger charge is -2.11. The van der Waals surface area contributed by atoms with Gasteiger partial charge in [-0.3, -0.25) is 14.2 Å². The molecule has 3 heterocycles. The molecule has 0 spiro atoms. The Balaban J connectivity index is 1.51. The number of thioether (sulfide) groups is 1. The van der Waals surface area contributed by atoms with Gasteiger partial charge in [-0.2, -0.15) is 4.98 Å². The number of fused-ring (bicyclic) bond motifs is 1. The van der Waals surface area contributed by atoms with E-state index in [0.29, 0.717) is 21.2 Å². The van der Waals surface area contributed by atoms with Crippen LogP contribution < -0.4 is 15.8 Å². The first-order valence-electron chi connectivity index (χ1n) is 8.82. The van der Waals surface area contributed by atoms with Gasteiger partial charge < -0.3 is 10.2 Å². The number of nitrogens with zero attached hydrogens (tertiary/aromatic N) is 4. The van der Waals surface area contributed by atoms with E-state index in [9.17, 15) is 9.59 Å². The largest absolute Gasteiger partial charge is 0.348 e. The molecule has 1 saturated heterocycles. The van der Waals surface area contributed by atoms with Crippen molar-refractivity contribution in [3.63, 3.8) is 0 Å². The molecule has 7 nitrogen and oxygen atoms in total. The summed E-state index contributed by atoms with van der Waals surface area (Å²) in [4.78, 5) is 36.3. The van der Waals surface area contributed by atoms with Crippen molar-refractivity contribution in [2.75, 3.05) is 29.1 Å². The highest BCUT2D eigenvalue weighted by molar-refractivity contribution is 9.10. The van der Waals surface area contributed by atoms with Gasteiger partial charge >= 0.3 is 0 Å². The molecule has 0 unspecified atom stereocenters. The van der Waals surface area contributed by atoms with Crippen molar-refractivity contribution >= 4 is 66.1 Å². The maximum Gasteiger partial charge on any atom is 0.273 e. The van der Waals surface area contributed by atoms with Crippen molar-refractivity contribution < 1.29 is 4.79 Å². The molecule has 0 atom stereocenters. The summed E-state index contributed by atoms with van der Waals surface area (Å²) in [5.74, 6) is -0.00463. The van der Waals surface area contributed by atoms with Gasteiger partial charge in [-0.1, -0.05) is 45.1 Å². The molecular weight excluding hydrogens is 462 g/mol. The topological polar surface area (TPSA) is 80.1 Å². The van der Waals surface area contributed by atoms with Crippen molar-refractivity contribution in [1.29, 1.82) is 0 Å². The van der Waals surface area contributed by atoms with Crippen molar-refractivity contribution in [3.8, 4) is 0 Å². The Bertz CT molecular complexity index is 1090. The Morgan fingerprint density at radius 3 is 2.86 bits per heavy atom. The summed E-state index contributed by atoms with van der Waals surface area (Å²) in [5.41, 5.74) is 1.06. The Morgan fingerprint density at radius 2 is 2.11 bits per heavy atom. The number of halogens is 1. The summed E-state index contributed by atoms with van der Waals surface area (Å²) < 4.78 is 2.95. The van der Waals surface area contributed by atoms with Crippen LogP contribution in [-0.4, -0.2) is 39.3 Å². The predicted octanol–water partition coefficient (Wildman–Crippen LogP) is 3.48. The molecule has 1 aromatic carbocycles. The number of aromatic nitrogens is 3. The molecule has 1 amide bonds. The molecular formula is C18H18BrN5O2S2. The quantitative estimate of drug-likeness (QED) is 0.445. The predicted molar refractivity (Wildman–Crippen MR) is 118 cm³/mol. The zero-order valence-electron chi connectivity index (χ0n) is 15.1. The molecule has 146 valence electrons. The molecule has 2 aromatic heterocycles. The van der Waals surface area contributed by atoms with Crippen LogP contribution in [0.5, 0.6) is 0 Å². The fraction of sp³-hybridized carbons (Fsp3) is 0.333. The maximum atomic E-state index is 12.7. The molecule has 4 rings (SSSR count). The van der Waals surface area contributed by atoms with Gasteiger partial charge in [0, 0.05) is 30.3 Å². The first kappa shape index (κ1) is 19.4. The molecule has 10 heteroatoms. The average Bonchev–Trinajstić information content (AvgIpc) is 3.33. The molecule has 1 fully saturated rings. The second-order valence-electron chi connectivity index (χ2n) is 6.45. The third-order valence-corrected chi connectivity index (χ3v) is 7.02. The number of nitrogens with one attached hydrogen (secondary N) is 1. The third-order valence-electron chi connectivity index (χ3n) is 4.40. The number of amides is 1. The minimum Gasteiger partial charge on any atom is -0.348 e. The van der Waals surface area contributed by atoms with Gasteiger partial charge in [0.15, 0.2) is 15.9 Å². The van der Waals surface area contributed by atoms with Gasteiger partial charge in [0.1, 0.15) is 4.70 Å². The smallest absolute Gasteiger partial charge is 0.273 e. The number of hydrogen-bond donors (Lipinski definition) is 1. The fourth-order valence-corrected chi connectivity index (χ4v) is 5.18. The van der Waals surface area contributed by atoms with E-state index < -0.39 is 0 Å². The monoisotopic (exact) mass is 479 g/mol. The number of rotatable bonds is 5. The summed E-state index contributed by atoms with van der Waals surface area (Å²) in [6.07, 6.45) is 2.30. The number of carbonyl (C=O) groups is 1. The van der Waals surface area contributed by atoms with Crippen LogP contribution in [0.1, 0.15) is 12.8 Å². The van der Waals surface area contributed by atoms with Crippen molar-refractivity contribution in [2.24, 2.45) is 7.05 Å². The highest BCUT2D eigenvalue weighted by atomic mass is 79.9. The second-order valence-corrected chi connectivity index (χ2v) is 9.28. The van der Waals surface area contributed by atoms with Gasteiger partial charge in [-0.05, 0) is 31.0 Å². The highest BCUT2D eigenvalue weighted by Crippen LogP contribution is 2.29. The van der Waals surface area contributed by atoms with Crippen LogP contribution in [0, 0.1) is 0 Å². The Kier molecular flexibility index (Phi) is 5.70. The van der Waals surface area contributed by atoms with Crippen LogP contribution in [0.3, 0.4) is 0 Å². The van der Waals surface area contributed by atoms with E-state index in [1.807, 2.05) is 24.3 Å². The molecule has 1 N–H and O–H groups in total. The number of carbonyl (C=O) groups excluding carboxylic acids is 1. The molecule has 28 heavy (non-hydrogen) atoms. The number of anilines is 2. The van der Waals surface area contributed by atoms with Crippen molar-refractivity contribution in [2.45, 2.75) is 18.0 Å². The maximum absolute atomic E-state index is 12.7. The molecule has 0 bridgehead atoms. The number of hydrogen-bond acceptors (Lipinski definition) is 7. The van der Waals surface area contributed by atoms with E-state index in [4.69, 9.17) is 0 Å². The average molecular weight is 480 g/mol. The lowest BCUT2D eigenvalue weighted by molar-refractivity contribution is -0.113. The summed E-state index contributed by atoms with van der Waals surface area (Å²) in [7, 11) is 1.68. The molecule has 0 radical (unpaired) electrons. The van der Waals surface area contributed by atoms with E-state index in [1.165, 1.54) is 27.7 Å². The van der Waals surface area contributed by atoms with Crippen LogP contribution >= 0.6 is 39.0 Å². The van der Waals surface area contributed by atoms with Gasteiger partial charge in [0.05, 0.1) is 5.75 Å². The van der Waals surface area contributed by atoms with Crippen LogP contribution in [0.15, 0.2) is 38.7 Å². The normalized spacial score (nSPS) is 14.0. The summed E-state index contributed by atoms with van der Waals surface area (Å²) in [6.45, 7) is 1.94. The zero-order valence-corrected chi connectivity index (χ0v) is 18.4. The van der Waals surface area contributed by atoms with Crippen LogP contribution in [0.2, 0.25) is 0 Å². The van der Waals surface area contributed by atoms with Gasteiger partial charge in [0.2, 0.25) is 5.91 Å². The van der Waals surface area contributed by atoms with Crippen LogP contribution in [-0.2, 0) is 11.8 Å². The van der Waals surface area contributed by atoms with E-state index in [1.54, 1.807) is 7.05 Å². The van der Waals surface area contributed by atoms with Crippen molar-refractivity contribution in [1.82, 2.24) is 14.5 Å². The first-order valence-corrected chi connectivity index (χ1v) is 11.4. The van der Waals surface area contributed by atoms with Gasteiger partial charge in [0.25, 0.3) is 5.56 Å². The number of benzene rings is 1. The zero-order chi connectivity index (χ0) is 19.7. The van der Waals surface area contributed by atoms with E-state index in [0.717, 1.165) is 35.5 Å². The lowest BCUT2D eigenvalue weighted by Crippen LogP contribution is -2.20. The third kappa shape index (κ3) is 4.08. The summed E-state index contributed by atoms with van der Waals surface area (Å²) >= 11 is 6.01. The standard InChI is InChI=1S/C18H18BrN5O2S2/c1-23-16(26)14-15(22-18(28-14)24-7-2-3-8-24)21-17(23)27-10-13(25)20-12-6-4-5-11(19)9-12/h4-6,9H,2-3,7-8,10H2,1H3,(H,20,25). The molecule has 0 saturated carbocycles. The Labute approximate surface area is 178 Å². The second kappa shape index (κ2) is 8.22. The lowest BCUT2D eigenvalue weighted by atomic mass is 10.3. The van der Waals surface area contributed by atoms with E-state index >= 15 is 0 Å². The Hall–Kier alpha value is -1.91. The summed E-state index contributed by atoms with van der Waals surface area (Å²) in [5, 5.41) is 4.18. The first-order chi connectivity index (χ1) is 13.5. The molecule has 1 aliphatic heterocycles. The van der Waals surface area contributed by atoms with Gasteiger partial charge in [-0.25, -0.2) is 4.98 Å². The van der Waals surface area contributed by atoms with Crippen LogP contribution in [0.4, 0.5) is 10.8 Å². The molecule has 3 aromatic rings. The molecule has 1 aliphatic rings. The SMILES string of the molecule is Cn1c(SCC(=O)Nc2cccc(Br)c2)nc2nc(N3CCCC3)sc2c1=O. The minimum absolute atomic E-state index is 0.122. The van der Waals surface area contributed by atoms with Crippen LogP contribution in [0.25, 0.3) is 10.3 Å². The Morgan fingerprint density at radius 1 is 1.32 bits per heavy atom. The van der Waals surface area contributed by atoms with Crippen molar-refractivity contribution in [3.05, 3.63) is 39.1 Å². The minimum atomic E-state index is -0.159. The molecule has 0 aliphatic carbocycles.